The van der Waals surface area contributed by atoms with Crippen LogP contribution in [0.5, 0.6) is 0 Å². The number of nitrogens with zero attached hydrogens (tertiary/aromatic N) is 2. The number of hydrogen-bond donors (Lipinski definition) is 0. The number of Topliss-reactive ketones (excluding diaryl/α,β-unsaturated/α-hetero) is 1. The standard InChI is InChI=1S/C10H16N2O/c1-8(13)5-9-6-11-7-12(9)10(2,3)4/h6-7H,5H2,1-4H3. The maximum Gasteiger partial charge on any atom is 0.135 e. The van der Waals surface area contributed by atoms with E-state index in [1.54, 1.807) is 19.4 Å². The van der Waals surface area contributed by atoms with Crippen LogP contribution in [0, 0.1) is 0 Å². The molecule has 0 atom stereocenters. The van der Waals surface area contributed by atoms with Gasteiger partial charge in [-0.1, -0.05) is 0 Å². The van der Waals surface area contributed by atoms with Crippen LogP contribution in [0.3, 0.4) is 0 Å². The fourth-order valence-electron chi connectivity index (χ4n) is 1.31. The minimum absolute atomic E-state index is 0.00127. The Morgan fingerprint density at radius 3 is 2.62 bits per heavy atom. The first kappa shape index (κ1) is 9.96. The molecular formula is C10H16N2O. The van der Waals surface area contributed by atoms with Gasteiger partial charge >= 0.3 is 0 Å². The average Bonchev–Trinajstić information content (AvgIpc) is 2.31. The first-order chi connectivity index (χ1) is 5.91. The molecule has 13 heavy (non-hydrogen) atoms. The average molecular weight is 180 g/mol. The van der Waals surface area contributed by atoms with E-state index >= 15 is 0 Å². The van der Waals surface area contributed by atoms with Crippen LogP contribution in [0.2, 0.25) is 0 Å². The molecule has 0 aromatic carbocycles. The van der Waals surface area contributed by atoms with E-state index in [2.05, 4.69) is 25.8 Å². The molecule has 0 spiro atoms. The van der Waals surface area contributed by atoms with E-state index in [0.29, 0.717) is 6.42 Å². The Morgan fingerprint density at radius 2 is 2.15 bits per heavy atom. The highest BCUT2D eigenvalue weighted by Gasteiger charge is 2.16. The summed E-state index contributed by atoms with van der Waals surface area (Å²) in [7, 11) is 0. The maximum atomic E-state index is 10.9. The molecule has 0 amide bonds. The largest absolute Gasteiger partial charge is 0.329 e. The second-order valence-corrected chi connectivity index (χ2v) is 4.30. The molecule has 3 heteroatoms. The Labute approximate surface area is 78.8 Å². The summed E-state index contributed by atoms with van der Waals surface area (Å²) in [5, 5.41) is 0. The quantitative estimate of drug-likeness (QED) is 0.695. The Bertz CT molecular complexity index is 307. The van der Waals surface area contributed by atoms with Gasteiger partial charge in [-0.15, -0.1) is 0 Å². The van der Waals surface area contributed by atoms with E-state index in [1.807, 2.05) is 4.57 Å². The second kappa shape index (κ2) is 3.32. The molecule has 1 aromatic rings. The highest BCUT2D eigenvalue weighted by molar-refractivity contribution is 5.77. The number of carbonyl (C=O) groups excluding carboxylic acids is 1. The number of aromatic nitrogens is 2. The zero-order valence-electron chi connectivity index (χ0n) is 8.66. The maximum absolute atomic E-state index is 10.9. The number of hydrogen-bond acceptors (Lipinski definition) is 2. The van der Waals surface area contributed by atoms with E-state index < -0.39 is 0 Å². The van der Waals surface area contributed by atoms with Gasteiger partial charge in [0.25, 0.3) is 0 Å². The van der Waals surface area contributed by atoms with E-state index in [1.165, 1.54) is 0 Å². The molecule has 1 aromatic heterocycles. The van der Waals surface area contributed by atoms with Crippen LogP contribution in [0.1, 0.15) is 33.4 Å². The summed E-state index contributed by atoms with van der Waals surface area (Å²) >= 11 is 0. The van der Waals surface area contributed by atoms with Gasteiger partial charge in [-0.05, 0) is 27.7 Å². The zero-order valence-corrected chi connectivity index (χ0v) is 8.66. The van der Waals surface area contributed by atoms with E-state index in [0.717, 1.165) is 5.69 Å². The van der Waals surface area contributed by atoms with Crippen LogP contribution < -0.4 is 0 Å². The van der Waals surface area contributed by atoms with Gasteiger partial charge in [-0.3, -0.25) is 4.79 Å². The molecule has 0 N–H and O–H groups in total. The van der Waals surface area contributed by atoms with Gasteiger partial charge in [0, 0.05) is 23.9 Å². The van der Waals surface area contributed by atoms with Crippen molar-refractivity contribution in [1.29, 1.82) is 0 Å². The van der Waals surface area contributed by atoms with Crippen molar-refractivity contribution in [1.82, 2.24) is 9.55 Å². The van der Waals surface area contributed by atoms with Gasteiger partial charge in [0.15, 0.2) is 0 Å². The SMILES string of the molecule is CC(=O)Cc1cncn1C(C)(C)C. The molecule has 0 unspecified atom stereocenters. The zero-order chi connectivity index (χ0) is 10.1. The lowest BCUT2D eigenvalue weighted by atomic mass is 10.1. The predicted molar refractivity (Wildman–Crippen MR) is 51.6 cm³/mol. The molecule has 0 saturated heterocycles. The van der Waals surface area contributed by atoms with Crippen molar-refractivity contribution in [2.45, 2.75) is 39.7 Å². The fourth-order valence-corrected chi connectivity index (χ4v) is 1.31. The Kier molecular flexibility index (Phi) is 2.55. The summed E-state index contributed by atoms with van der Waals surface area (Å²) in [4.78, 5) is 15.0. The Balaban J connectivity index is 2.96. The normalized spacial score (nSPS) is 11.7. The van der Waals surface area contributed by atoms with Gasteiger partial charge in [-0.2, -0.15) is 0 Å². The molecule has 0 bridgehead atoms. The number of imidazole rings is 1. The Morgan fingerprint density at radius 1 is 1.54 bits per heavy atom. The summed E-state index contributed by atoms with van der Waals surface area (Å²) in [6, 6.07) is 0. The monoisotopic (exact) mass is 180 g/mol. The van der Waals surface area contributed by atoms with E-state index in [4.69, 9.17) is 0 Å². The summed E-state index contributed by atoms with van der Waals surface area (Å²) in [5.41, 5.74) is 0.987. The van der Waals surface area contributed by atoms with Crippen molar-refractivity contribution in [2.24, 2.45) is 0 Å². The second-order valence-electron chi connectivity index (χ2n) is 4.30. The molecule has 0 fully saturated rings. The summed E-state index contributed by atoms with van der Waals surface area (Å²) < 4.78 is 2.04. The Hall–Kier alpha value is -1.12. The van der Waals surface area contributed by atoms with Crippen molar-refractivity contribution in [2.75, 3.05) is 0 Å². The molecule has 0 saturated carbocycles. The molecule has 0 radical (unpaired) electrons. The third-order valence-electron chi connectivity index (χ3n) is 1.87. The molecular weight excluding hydrogens is 164 g/mol. The smallest absolute Gasteiger partial charge is 0.135 e. The van der Waals surface area contributed by atoms with Crippen molar-refractivity contribution in [3.63, 3.8) is 0 Å². The number of rotatable bonds is 2. The van der Waals surface area contributed by atoms with Gasteiger partial charge in [0.05, 0.1) is 6.33 Å². The third kappa shape index (κ3) is 2.41. The first-order valence-electron chi connectivity index (χ1n) is 4.42. The van der Waals surface area contributed by atoms with Crippen molar-refractivity contribution in [3.05, 3.63) is 18.2 Å². The predicted octanol–water partition coefficient (Wildman–Crippen LogP) is 1.77. The van der Waals surface area contributed by atoms with E-state index in [9.17, 15) is 4.79 Å². The minimum atomic E-state index is 0.00127. The fraction of sp³-hybridized carbons (Fsp3) is 0.600. The van der Waals surface area contributed by atoms with Crippen LogP contribution in [0.15, 0.2) is 12.5 Å². The summed E-state index contributed by atoms with van der Waals surface area (Å²) in [6.07, 6.45) is 4.00. The summed E-state index contributed by atoms with van der Waals surface area (Å²) in [5.74, 6) is 0.172. The van der Waals surface area contributed by atoms with Gasteiger partial charge in [0.2, 0.25) is 0 Å². The van der Waals surface area contributed by atoms with Crippen molar-refractivity contribution in [3.8, 4) is 0 Å². The van der Waals surface area contributed by atoms with Crippen LogP contribution >= 0.6 is 0 Å². The van der Waals surface area contributed by atoms with Crippen LogP contribution in [0.4, 0.5) is 0 Å². The molecule has 1 rings (SSSR count). The first-order valence-corrected chi connectivity index (χ1v) is 4.42. The lowest BCUT2D eigenvalue weighted by Crippen LogP contribution is -2.23. The molecule has 3 nitrogen and oxygen atoms in total. The highest BCUT2D eigenvalue weighted by atomic mass is 16.1. The summed E-state index contributed by atoms with van der Waals surface area (Å²) in [6.45, 7) is 7.88. The lowest BCUT2D eigenvalue weighted by molar-refractivity contribution is -0.116. The number of carbonyl (C=O) groups is 1. The van der Waals surface area contributed by atoms with Crippen molar-refractivity contribution < 1.29 is 4.79 Å². The minimum Gasteiger partial charge on any atom is -0.329 e. The molecule has 0 aliphatic heterocycles. The van der Waals surface area contributed by atoms with Crippen LogP contribution in [-0.2, 0) is 16.8 Å². The van der Waals surface area contributed by atoms with Gasteiger partial charge in [0.1, 0.15) is 5.78 Å². The number of ketones is 1. The molecule has 1 heterocycles. The topological polar surface area (TPSA) is 34.9 Å². The highest BCUT2D eigenvalue weighted by Crippen LogP contribution is 2.16. The van der Waals surface area contributed by atoms with Gasteiger partial charge < -0.3 is 4.57 Å². The van der Waals surface area contributed by atoms with Crippen molar-refractivity contribution >= 4 is 5.78 Å². The third-order valence-corrected chi connectivity index (χ3v) is 1.87. The lowest BCUT2D eigenvalue weighted by Gasteiger charge is -2.23. The molecule has 0 aliphatic carbocycles. The van der Waals surface area contributed by atoms with E-state index in [-0.39, 0.29) is 11.3 Å². The van der Waals surface area contributed by atoms with Crippen LogP contribution in [0.25, 0.3) is 0 Å². The van der Waals surface area contributed by atoms with Gasteiger partial charge in [-0.25, -0.2) is 4.98 Å². The van der Waals surface area contributed by atoms with Crippen LogP contribution in [-0.4, -0.2) is 15.3 Å². The molecule has 0 aliphatic rings. The molecule has 72 valence electrons.